The molecule has 2 fully saturated rings. The van der Waals surface area contributed by atoms with Gasteiger partial charge in [0.25, 0.3) is 0 Å². The van der Waals surface area contributed by atoms with Gasteiger partial charge in [-0.1, -0.05) is 0 Å². The van der Waals surface area contributed by atoms with Gasteiger partial charge in [-0.15, -0.1) is 0 Å². The fourth-order valence-electron chi connectivity index (χ4n) is 3.34. The van der Waals surface area contributed by atoms with E-state index in [0.29, 0.717) is 19.5 Å². The van der Waals surface area contributed by atoms with Crippen molar-refractivity contribution in [2.45, 2.75) is 105 Å². The van der Waals surface area contributed by atoms with Crippen LogP contribution in [0.1, 0.15) is 88.0 Å². The number of aliphatic carboxylic acids is 2. The number of carboxylic acids is 2. The first kappa shape index (κ1) is 36.9. The molecule has 13 heteroatoms. The SMILES string of the molecule is CC(C)(C)OC(=O)N1CCCC(C(=O)O)C1.CC(C)(C)OC(=O)OC(=O)OC(C)(C)C.O=C(O)C1CCCNC1. The van der Waals surface area contributed by atoms with E-state index in [1.165, 1.54) is 4.90 Å². The van der Waals surface area contributed by atoms with Crippen LogP contribution in [0.5, 0.6) is 0 Å². The number of ether oxygens (including phenoxy) is 4. The second-order valence-corrected chi connectivity index (χ2v) is 12.5. The van der Waals surface area contributed by atoms with E-state index in [0.717, 1.165) is 25.8 Å². The first-order valence-corrected chi connectivity index (χ1v) is 13.4. The highest BCUT2D eigenvalue weighted by atomic mass is 16.8. The van der Waals surface area contributed by atoms with Gasteiger partial charge in [0.15, 0.2) is 0 Å². The highest BCUT2D eigenvalue weighted by Crippen LogP contribution is 2.19. The number of nitrogens with zero attached hydrogens (tertiary/aromatic N) is 1. The molecule has 1 amide bonds. The second kappa shape index (κ2) is 16.2. The molecule has 0 bridgehead atoms. The molecule has 40 heavy (non-hydrogen) atoms. The summed E-state index contributed by atoms with van der Waals surface area (Å²) in [7, 11) is 0. The van der Waals surface area contributed by atoms with Gasteiger partial charge in [0, 0.05) is 19.6 Å². The number of carbonyl (C=O) groups is 5. The molecule has 2 saturated heterocycles. The van der Waals surface area contributed by atoms with Crippen LogP contribution in [0.3, 0.4) is 0 Å². The van der Waals surface area contributed by atoms with Gasteiger partial charge in [0.2, 0.25) is 0 Å². The van der Waals surface area contributed by atoms with Crippen LogP contribution in [0.25, 0.3) is 0 Å². The zero-order chi connectivity index (χ0) is 31.3. The zero-order valence-electron chi connectivity index (χ0n) is 25.3. The van der Waals surface area contributed by atoms with Crippen molar-refractivity contribution in [3.05, 3.63) is 0 Å². The quantitative estimate of drug-likeness (QED) is 0.235. The Bertz CT molecular complexity index is 822. The van der Waals surface area contributed by atoms with Crippen molar-refractivity contribution in [3.8, 4) is 0 Å². The molecule has 2 unspecified atom stereocenters. The van der Waals surface area contributed by atoms with Crippen LogP contribution in [0.2, 0.25) is 0 Å². The number of rotatable bonds is 2. The largest absolute Gasteiger partial charge is 0.519 e. The van der Waals surface area contributed by atoms with E-state index in [1.54, 1.807) is 62.3 Å². The Balaban J connectivity index is 0.000000592. The van der Waals surface area contributed by atoms with Crippen LogP contribution in [-0.4, -0.2) is 88.4 Å². The minimum Gasteiger partial charge on any atom is -0.481 e. The Morgan fingerprint density at radius 3 is 1.50 bits per heavy atom. The number of hydrogen-bond acceptors (Lipinski definition) is 10. The first-order valence-electron chi connectivity index (χ1n) is 13.4. The number of carboxylic acid groups (broad SMARTS) is 2. The molecule has 2 heterocycles. The molecule has 0 aromatic carbocycles. The predicted molar refractivity (Wildman–Crippen MR) is 145 cm³/mol. The lowest BCUT2D eigenvalue weighted by Crippen LogP contribution is -2.44. The third-order valence-electron chi connectivity index (χ3n) is 5.01. The molecule has 2 rings (SSSR count). The Hall–Kier alpha value is -3.09. The van der Waals surface area contributed by atoms with Gasteiger partial charge in [-0.3, -0.25) is 9.59 Å². The van der Waals surface area contributed by atoms with E-state index < -0.39 is 53.1 Å². The van der Waals surface area contributed by atoms with Crippen LogP contribution in [0.4, 0.5) is 14.4 Å². The molecule has 0 spiro atoms. The Morgan fingerprint density at radius 2 is 1.15 bits per heavy atom. The Kier molecular flexibility index (Phi) is 15.0. The van der Waals surface area contributed by atoms with E-state index in [9.17, 15) is 24.0 Å². The molecule has 0 aliphatic carbocycles. The van der Waals surface area contributed by atoms with Crippen LogP contribution < -0.4 is 5.32 Å². The summed E-state index contributed by atoms with van der Waals surface area (Å²) in [4.78, 5) is 56.3. The lowest BCUT2D eigenvalue weighted by molar-refractivity contribution is -0.144. The Labute approximate surface area is 236 Å². The number of carbonyl (C=O) groups excluding carboxylic acids is 3. The standard InChI is InChI=1S/C11H19NO4.C10H18O5.C6H11NO2/c1-11(2,3)16-10(15)12-6-4-5-8(7-12)9(13)14;1-9(2,3)14-7(11)13-8(12)15-10(4,5)6;8-6(9)5-2-1-3-7-4-5/h8H,4-7H2,1-3H3,(H,13,14);1-6H3;5,7H,1-4H2,(H,8,9). The number of amides is 1. The van der Waals surface area contributed by atoms with Crippen molar-refractivity contribution >= 4 is 30.3 Å². The number of likely N-dealkylation sites (tertiary alicyclic amines) is 1. The minimum absolute atomic E-state index is 0.140. The molecular formula is C27H48N2O11. The average molecular weight is 577 g/mol. The van der Waals surface area contributed by atoms with Crippen LogP contribution >= 0.6 is 0 Å². The maximum atomic E-state index is 11.7. The van der Waals surface area contributed by atoms with Gasteiger partial charge in [-0.2, -0.15) is 0 Å². The van der Waals surface area contributed by atoms with E-state index in [-0.39, 0.29) is 12.5 Å². The summed E-state index contributed by atoms with van der Waals surface area (Å²) >= 11 is 0. The number of piperidine rings is 2. The summed E-state index contributed by atoms with van der Waals surface area (Å²) in [6, 6.07) is 0. The summed E-state index contributed by atoms with van der Waals surface area (Å²) in [5, 5.41) is 20.4. The van der Waals surface area contributed by atoms with E-state index >= 15 is 0 Å². The van der Waals surface area contributed by atoms with Gasteiger partial charge >= 0.3 is 30.3 Å². The fraction of sp³-hybridized carbons (Fsp3) is 0.815. The molecule has 2 atom stereocenters. The molecule has 0 aromatic rings. The molecule has 3 N–H and O–H groups in total. The number of nitrogens with one attached hydrogen (secondary N) is 1. The molecule has 0 aromatic heterocycles. The van der Waals surface area contributed by atoms with E-state index in [4.69, 9.17) is 24.4 Å². The normalized spacial score (nSPS) is 19.4. The molecule has 0 saturated carbocycles. The third kappa shape index (κ3) is 19.0. The van der Waals surface area contributed by atoms with Gasteiger partial charge in [-0.25, -0.2) is 14.4 Å². The Morgan fingerprint density at radius 1 is 0.700 bits per heavy atom. The van der Waals surface area contributed by atoms with Crippen molar-refractivity contribution in [1.29, 1.82) is 0 Å². The monoisotopic (exact) mass is 576 g/mol. The topological polar surface area (TPSA) is 178 Å². The maximum Gasteiger partial charge on any atom is 0.519 e. The smallest absolute Gasteiger partial charge is 0.481 e. The van der Waals surface area contributed by atoms with Crippen molar-refractivity contribution in [3.63, 3.8) is 0 Å². The molecule has 232 valence electrons. The van der Waals surface area contributed by atoms with Crippen molar-refractivity contribution in [2.75, 3.05) is 26.2 Å². The summed E-state index contributed by atoms with van der Waals surface area (Å²) < 4.78 is 19.0. The van der Waals surface area contributed by atoms with Gasteiger partial charge in [-0.05, 0) is 94.5 Å². The van der Waals surface area contributed by atoms with Crippen LogP contribution in [0.15, 0.2) is 0 Å². The number of hydrogen-bond donors (Lipinski definition) is 3. The summed E-state index contributed by atoms with van der Waals surface area (Å²) in [6.45, 7) is 17.9. The second-order valence-electron chi connectivity index (χ2n) is 12.5. The van der Waals surface area contributed by atoms with E-state index in [1.807, 2.05) is 0 Å². The predicted octanol–water partition coefficient (Wildman–Crippen LogP) is 4.66. The molecule has 0 radical (unpaired) electrons. The molecular weight excluding hydrogens is 528 g/mol. The first-order chi connectivity index (χ1) is 18.1. The van der Waals surface area contributed by atoms with Gasteiger partial charge in [0.1, 0.15) is 16.8 Å². The maximum absolute atomic E-state index is 11.7. The molecule has 13 nitrogen and oxygen atoms in total. The fourth-order valence-corrected chi connectivity index (χ4v) is 3.34. The summed E-state index contributed by atoms with van der Waals surface area (Å²) in [6.07, 6.45) is 0.649. The van der Waals surface area contributed by atoms with Gasteiger partial charge in [0.05, 0.1) is 11.8 Å². The lowest BCUT2D eigenvalue weighted by atomic mass is 9.99. The lowest BCUT2D eigenvalue weighted by Gasteiger charge is -2.32. The van der Waals surface area contributed by atoms with Crippen molar-refractivity contribution in [1.82, 2.24) is 10.2 Å². The minimum atomic E-state index is -1.06. The summed E-state index contributed by atoms with van der Waals surface area (Å²) in [5.41, 5.74) is -1.93. The molecule has 2 aliphatic rings. The van der Waals surface area contributed by atoms with Crippen molar-refractivity contribution in [2.24, 2.45) is 11.8 Å². The summed E-state index contributed by atoms with van der Waals surface area (Å²) in [5.74, 6) is -2.10. The average Bonchev–Trinajstić information content (AvgIpc) is 2.76. The highest BCUT2D eigenvalue weighted by Gasteiger charge is 2.30. The molecule has 2 aliphatic heterocycles. The van der Waals surface area contributed by atoms with E-state index in [2.05, 4.69) is 10.1 Å². The zero-order valence-corrected chi connectivity index (χ0v) is 25.3. The van der Waals surface area contributed by atoms with Gasteiger partial charge < -0.3 is 39.4 Å². The highest BCUT2D eigenvalue weighted by molar-refractivity contribution is 5.77. The van der Waals surface area contributed by atoms with Crippen LogP contribution in [-0.2, 0) is 28.5 Å². The van der Waals surface area contributed by atoms with Crippen LogP contribution in [0, 0.1) is 11.8 Å². The van der Waals surface area contributed by atoms with Crippen molar-refractivity contribution < 1.29 is 53.1 Å². The third-order valence-corrected chi connectivity index (χ3v) is 5.01.